The summed E-state index contributed by atoms with van der Waals surface area (Å²) in [6.07, 6.45) is 3.66. The average Bonchev–Trinajstić information content (AvgIpc) is 3.03. The molecule has 2 unspecified atom stereocenters. The van der Waals surface area contributed by atoms with E-state index in [1.54, 1.807) is 7.11 Å². The van der Waals surface area contributed by atoms with Gasteiger partial charge >= 0.3 is 0 Å². The zero-order valence-corrected chi connectivity index (χ0v) is 13.5. The summed E-state index contributed by atoms with van der Waals surface area (Å²) >= 11 is 1.29. The first-order valence-electron chi connectivity index (χ1n) is 7.37. The first-order valence-corrected chi connectivity index (χ1v) is 8.19. The second kappa shape index (κ2) is 7.61. The predicted molar refractivity (Wildman–Crippen MR) is 85.7 cm³/mol. The number of nitrogens with two attached hydrogens (primary N) is 1. The molecule has 0 saturated heterocycles. The van der Waals surface area contributed by atoms with Gasteiger partial charge in [0.15, 0.2) is 5.13 Å². The van der Waals surface area contributed by atoms with Crippen LogP contribution in [0.15, 0.2) is 0 Å². The van der Waals surface area contributed by atoms with Crippen molar-refractivity contribution in [3.8, 4) is 0 Å². The minimum Gasteiger partial charge on any atom is -0.383 e. The predicted octanol–water partition coefficient (Wildman–Crippen LogP) is 1.95. The van der Waals surface area contributed by atoms with E-state index >= 15 is 0 Å². The molecule has 0 aromatic carbocycles. The van der Waals surface area contributed by atoms with Crippen molar-refractivity contribution in [1.29, 1.82) is 0 Å². The van der Waals surface area contributed by atoms with Crippen molar-refractivity contribution in [2.75, 3.05) is 37.9 Å². The number of methoxy groups -OCH3 is 1. The lowest BCUT2D eigenvalue weighted by Gasteiger charge is -2.10. The average molecular weight is 312 g/mol. The zero-order valence-electron chi connectivity index (χ0n) is 12.6. The molecule has 0 radical (unpaired) electrons. The summed E-state index contributed by atoms with van der Waals surface area (Å²) < 4.78 is 4.96. The van der Waals surface area contributed by atoms with Gasteiger partial charge in [-0.1, -0.05) is 24.7 Å². The Bertz CT molecular complexity index is 478. The van der Waals surface area contributed by atoms with Crippen molar-refractivity contribution < 1.29 is 9.53 Å². The SMILES string of the molecule is COCCNc1nc(N)c(C(=O)NCC2CCC(C)C2)s1. The van der Waals surface area contributed by atoms with Crippen molar-refractivity contribution in [3.63, 3.8) is 0 Å². The molecule has 6 nitrogen and oxygen atoms in total. The summed E-state index contributed by atoms with van der Waals surface area (Å²) in [5.41, 5.74) is 5.82. The van der Waals surface area contributed by atoms with Crippen LogP contribution in [0.2, 0.25) is 0 Å². The lowest BCUT2D eigenvalue weighted by Crippen LogP contribution is -2.28. The van der Waals surface area contributed by atoms with E-state index in [2.05, 4.69) is 22.5 Å². The van der Waals surface area contributed by atoms with E-state index in [4.69, 9.17) is 10.5 Å². The van der Waals surface area contributed by atoms with Gasteiger partial charge in [-0.05, 0) is 24.7 Å². The maximum Gasteiger partial charge on any atom is 0.265 e. The number of carbonyl (C=O) groups is 1. The molecule has 21 heavy (non-hydrogen) atoms. The Kier molecular flexibility index (Phi) is 5.81. The molecule has 4 N–H and O–H groups in total. The van der Waals surface area contributed by atoms with Gasteiger partial charge in [0.1, 0.15) is 10.7 Å². The van der Waals surface area contributed by atoms with Crippen LogP contribution in [-0.2, 0) is 4.74 Å². The third kappa shape index (κ3) is 4.57. The number of nitrogens with one attached hydrogen (secondary N) is 2. The van der Waals surface area contributed by atoms with Crippen LogP contribution >= 0.6 is 11.3 Å². The highest BCUT2D eigenvalue weighted by Gasteiger charge is 2.23. The topological polar surface area (TPSA) is 89.3 Å². The number of rotatable bonds is 7. The van der Waals surface area contributed by atoms with Crippen LogP contribution in [0.1, 0.15) is 35.9 Å². The van der Waals surface area contributed by atoms with Gasteiger partial charge in [0, 0.05) is 20.2 Å². The summed E-state index contributed by atoms with van der Waals surface area (Å²) in [5.74, 6) is 1.54. The molecule has 1 aromatic heterocycles. The molecule has 1 aliphatic rings. The number of hydrogen-bond acceptors (Lipinski definition) is 6. The van der Waals surface area contributed by atoms with Gasteiger partial charge in [-0.15, -0.1) is 0 Å². The number of thiazole rings is 1. The van der Waals surface area contributed by atoms with Crippen LogP contribution in [0, 0.1) is 11.8 Å². The Morgan fingerprint density at radius 3 is 3.00 bits per heavy atom. The highest BCUT2D eigenvalue weighted by molar-refractivity contribution is 7.18. The maximum atomic E-state index is 12.2. The fourth-order valence-corrected chi connectivity index (χ4v) is 3.48. The van der Waals surface area contributed by atoms with Crippen LogP contribution in [0.3, 0.4) is 0 Å². The summed E-state index contributed by atoms with van der Waals surface area (Å²) in [5, 5.41) is 6.73. The van der Waals surface area contributed by atoms with Crippen molar-refractivity contribution in [1.82, 2.24) is 10.3 Å². The molecule has 1 aromatic rings. The Morgan fingerprint density at radius 2 is 2.33 bits per heavy atom. The maximum absolute atomic E-state index is 12.2. The highest BCUT2D eigenvalue weighted by Crippen LogP contribution is 2.30. The quantitative estimate of drug-likeness (QED) is 0.670. The van der Waals surface area contributed by atoms with E-state index in [9.17, 15) is 4.79 Å². The number of amides is 1. The van der Waals surface area contributed by atoms with Crippen molar-refractivity contribution in [2.24, 2.45) is 11.8 Å². The first-order chi connectivity index (χ1) is 10.1. The van der Waals surface area contributed by atoms with Crippen LogP contribution in [0.4, 0.5) is 10.9 Å². The van der Waals surface area contributed by atoms with Gasteiger partial charge in [-0.25, -0.2) is 4.98 Å². The number of carbonyl (C=O) groups excluding carboxylic acids is 1. The molecule has 1 saturated carbocycles. The van der Waals surface area contributed by atoms with Crippen LogP contribution in [0.5, 0.6) is 0 Å². The first kappa shape index (κ1) is 16.0. The number of nitrogen functional groups attached to an aromatic ring is 1. The summed E-state index contributed by atoms with van der Waals surface area (Å²) in [4.78, 5) is 16.8. The van der Waals surface area contributed by atoms with Crippen LogP contribution < -0.4 is 16.4 Å². The molecule has 2 rings (SSSR count). The van der Waals surface area contributed by atoms with Gasteiger partial charge in [0.25, 0.3) is 5.91 Å². The number of ether oxygens (including phenoxy) is 1. The van der Waals surface area contributed by atoms with Crippen molar-refractivity contribution in [2.45, 2.75) is 26.2 Å². The normalized spacial score (nSPS) is 21.4. The smallest absolute Gasteiger partial charge is 0.265 e. The van der Waals surface area contributed by atoms with Gasteiger partial charge < -0.3 is 21.1 Å². The molecule has 1 amide bonds. The third-order valence-corrected chi connectivity index (χ3v) is 4.82. The van der Waals surface area contributed by atoms with Gasteiger partial charge in [0.05, 0.1) is 6.61 Å². The molecule has 7 heteroatoms. The number of anilines is 2. The van der Waals surface area contributed by atoms with Gasteiger partial charge in [-0.2, -0.15) is 0 Å². The molecule has 118 valence electrons. The van der Waals surface area contributed by atoms with Gasteiger partial charge in [0.2, 0.25) is 0 Å². The Labute approximate surface area is 129 Å². The standard InChI is InChI=1S/C14H24N4O2S/c1-9-3-4-10(7-9)8-17-13(19)11-12(15)18-14(21-11)16-5-6-20-2/h9-10H,3-8,15H2,1-2H3,(H,16,18)(H,17,19). The zero-order chi connectivity index (χ0) is 15.2. The largest absolute Gasteiger partial charge is 0.383 e. The number of nitrogens with zero attached hydrogens (tertiary/aromatic N) is 1. The van der Waals surface area contributed by atoms with E-state index in [0.29, 0.717) is 29.1 Å². The minimum atomic E-state index is -0.121. The molecule has 1 fully saturated rings. The van der Waals surface area contributed by atoms with Crippen molar-refractivity contribution >= 4 is 28.2 Å². The summed E-state index contributed by atoms with van der Waals surface area (Å²) in [7, 11) is 1.64. The number of aromatic nitrogens is 1. The molecule has 1 heterocycles. The Hall–Kier alpha value is -1.34. The molecular weight excluding hydrogens is 288 g/mol. The molecule has 2 atom stereocenters. The summed E-state index contributed by atoms with van der Waals surface area (Å²) in [6.45, 7) is 4.22. The van der Waals surface area contributed by atoms with E-state index in [0.717, 1.165) is 12.5 Å². The van der Waals surface area contributed by atoms with Crippen LogP contribution in [0.25, 0.3) is 0 Å². The lowest BCUT2D eigenvalue weighted by molar-refractivity contribution is 0.0952. The molecule has 0 bridgehead atoms. The fraction of sp³-hybridized carbons (Fsp3) is 0.714. The molecule has 0 spiro atoms. The van der Waals surface area contributed by atoms with E-state index < -0.39 is 0 Å². The number of hydrogen-bond donors (Lipinski definition) is 3. The molecular formula is C14H24N4O2S. The Balaban J connectivity index is 1.84. The highest BCUT2D eigenvalue weighted by atomic mass is 32.1. The molecule has 0 aliphatic heterocycles. The fourth-order valence-electron chi connectivity index (χ4n) is 2.66. The second-order valence-corrected chi connectivity index (χ2v) is 6.65. The van der Waals surface area contributed by atoms with E-state index in [1.165, 1.54) is 30.6 Å². The minimum absolute atomic E-state index is 0.121. The second-order valence-electron chi connectivity index (χ2n) is 5.65. The lowest BCUT2D eigenvalue weighted by atomic mass is 10.1. The van der Waals surface area contributed by atoms with Crippen molar-refractivity contribution in [3.05, 3.63) is 4.88 Å². The Morgan fingerprint density at radius 1 is 1.52 bits per heavy atom. The third-order valence-electron chi connectivity index (χ3n) is 3.80. The van der Waals surface area contributed by atoms with E-state index in [-0.39, 0.29) is 11.7 Å². The van der Waals surface area contributed by atoms with Crippen LogP contribution in [-0.4, -0.2) is 37.7 Å². The summed E-state index contributed by atoms with van der Waals surface area (Å²) in [6, 6.07) is 0. The van der Waals surface area contributed by atoms with E-state index in [1.807, 2.05) is 0 Å². The molecule has 1 aliphatic carbocycles. The van der Waals surface area contributed by atoms with Gasteiger partial charge in [-0.3, -0.25) is 4.79 Å². The monoisotopic (exact) mass is 312 g/mol.